The normalized spacial score (nSPS) is 17.2. The van der Waals surface area contributed by atoms with E-state index in [9.17, 15) is 22.8 Å². The molecule has 3 fully saturated rings. The van der Waals surface area contributed by atoms with Gasteiger partial charge in [0.25, 0.3) is 0 Å². The summed E-state index contributed by atoms with van der Waals surface area (Å²) in [6.07, 6.45) is 7.50. The van der Waals surface area contributed by atoms with E-state index in [-0.39, 0.29) is 25.0 Å². The zero-order valence-corrected chi connectivity index (χ0v) is 32.3. The quantitative estimate of drug-likeness (QED) is 0.163. The van der Waals surface area contributed by atoms with Crippen LogP contribution in [0, 0.1) is 5.82 Å². The average molecular weight is 775 g/mol. The minimum atomic E-state index is -3.31. The molecule has 0 unspecified atom stereocenters. The molecule has 3 aromatic carbocycles. The molecule has 2 saturated heterocycles. The molecule has 1 amide bonds. The fourth-order valence-corrected chi connectivity index (χ4v) is 9.18. The van der Waals surface area contributed by atoms with Gasteiger partial charge in [-0.05, 0) is 73.2 Å². The van der Waals surface area contributed by atoms with Crippen LogP contribution in [-0.4, -0.2) is 88.3 Å². The first-order chi connectivity index (χ1) is 26.5. The van der Waals surface area contributed by atoms with Gasteiger partial charge in [0.05, 0.1) is 37.2 Å². The van der Waals surface area contributed by atoms with Crippen LogP contribution in [-0.2, 0) is 42.2 Å². The Balaban J connectivity index is 1.24. The Morgan fingerprint density at radius 1 is 0.873 bits per heavy atom. The summed E-state index contributed by atoms with van der Waals surface area (Å²) in [7, 11) is -0.695. The molecular formula is C41H47FN4O8S. The van der Waals surface area contributed by atoms with Crippen LogP contribution in [0.15, 0.2) is 54.6 Å². The highest BCUT2D eigenvalue weighted by atomic mass is 32.2. The fraction of sp³-hybridized carbons (Fsp3) is 0.439. The first kappa shape index (κ1) is 38.3. The van der Waals surface area contributed by atoms with Gasteiger partial charge in [-0.25, -0.2) is 17.6 Å². The first-order valence-corrected chi connectivity index (χ1v) is 20.7. The lowest BCUT2D eigenvalue weighted by atomic mass is 9.81. The Hall–Kier alpha value is -4.95. The number of piperazine rings is 1. The van der Waals surface area contributed by atoms with E-state index in [4.69, 9.17) is 14.2 Å². The Labute approximate surface area is 320 Å². The topological polar surface area (TPSA) is 128 Å². The molecule has 1 saturated carbocycles. The molecule has 3 heterocycles. The molecule has 14 heteroatoms. The van der Waals surface area contributed by atoms with Crippen molar-refractivity contribution in [3.05, 3.63) is 77.1 Å². The van der Waals surface area contributed by atoms with Crippen molar-refractivity contribution < 1.29 is 41.4 Å². The number of carbonyl (C=O) groups is 3. The van der Waals surface area contributed by atoms with Crippen LogP contribution >= 0.6 is 0 Å². The number of nitrogens with zero attached hydrogens (tertiary/aromatic N) is 4. The highest BCUT2D eigenvalue weighted by Crippen LogP contribution is 2.45. The number of aromatic nitrogens is 1. The zero-order valence-electron chi connectivity index (χ0n) is 31.5. The molecule has 55 heavy (non-hydrogen) atoms. The molecule has 12 nitrogen and oxygen atoms in total. The van der Waals surface area contributed by atoms with Crippen LogP contribution in [0.25, 0.3) is 22.2 Å². The molecule has 2 aliphatic heterocycles. The van der Waals surface area contributed by atoms with Crippen LogP contribution in [0.5, 0.6) is 5.75 Å². The number of rotatable bonds is 11. The third kappa shape index (κ3) is 7.93. The number of halogens is 1. The Bertz CT molecular complexity index is 2220. The van der Waals surface area contributed by atoms with Gasteiger partial charge in [0.15, 0.2) is 0 Å². The molecule has 0 spiro atoms. The molecule has 0 N–H and O–H groups in total. The van der Waals surface area contributed by atoms with Crippen molar-refractivity contribution in [1.82, 2.24) is 8.87 Å². The minimum Gasteiger partial charge on any atom is -0.489 e. The number of hydrogen-bond acceptors (Lipinski definition) is 9. The Morgan fingerprint density at radius 3 is 2.29 bits per heavy atom. The highest BCUT2D eigenvalue weighted by Gasteiger charge is 2.30. The van der Waals surface area contributed by atoms with Crippen LogP contribution in [0.4, 0.5) is 15.8 Å². The van der Waals surface area contributed by atoms with Crippen LogP contribution in [0.1, 0.15) is 72.3 Å². The van der Waals surface area contributed by atoms with Gasteiger partial charge in [0.2, 0.25) is 15.9 Å². The molecule has 7 rings (SSSR count). The van der Waals surface area contributed by atoms with Gasteiger partial charge < -0.3 is 28.6 Å². The van der Waals surface area contributed by atoms with Gasteiger partial charge >= 0.3 is 11.9 Å². The summed E-state index contributed by atoms with van der Waals surface area (Å²) in [4.78, 5) is 41.9. The smallest absolute Gasteiger partial charge is 0.337 e. The van der Waals surface area contributed by atoms with E-state index in [0.717, 1.165) is 66.4 Å². The van der Waals surface area contributed by atoms with Crippen LogP contribution < -0.4 is 14.5 Å². The number of esters is 2. The van der Waals surface area contributed by atoms with Gasteiger partial charge in [-0.3, -0.25) is 9.59 Å². The third-order valence-corrected chi connectivity index (χ3v) is 12.4. The molecule has 4 aromatic rings. The number of hydrogen-bond donors (Lipinski definition) is 0. The van der Waals surface area contributed by atoms with Crippen molar-refractivity contribution in [3.8, 4) is 17.0 Å². The standard InChI is InChI=1S/C41H47FN4O8S/c1-52-38(48)25-46-36-23-28(41(49)53-2)11-14-33(36)39(27-8-5-4-6-9-27)40(46)32-15-13-31(24-34(32)42)54-26-29-22-30(45-17-7-10-37(45)47)12-16-35(29)43-18-20-44(21-19-43)55(3,50)51/h11-16,22-24,27H,4-10,17-21,25-26H2,1-3H3. The lowest BCUT2D eigenvalue weighted by Gasteiger charge is -2.36. The number of anilines is 2. The number of carbonyl (C=O) groups excluding carboxylic acids is 3. The summed E-state index contributed by atoms with van der Waals surface area (Å²) in [6.45, 7) is 2.16. The van der Waals surface area contributed by atoms with Gasteiger partial charge in [-0.15, -0.1) is 0 Å². The fourth-order valence-electron chi connectivity index (χ4n) is 8.36. The third-order valence-electron chi connectivity index (χ3n) is 11.1. The minimum absolute atomic E-state index is 0.0535. The maximum absolute atomic E-state index is 16.6. The van der Waals surface area contributed by atoms with E-state index in [2.05, 4.69) is 4.90 Å². The largest absolute Gasteiger partial charge is 0.489 e. The molecule has 0 radical (unpaired) electrons. The van der Waals surface area contributed by atoms with Crippen molar-refractivity contribution in [2.45, 2.75) is 64.0 Å². The van der Waals surface area contributed by atoms with E-state index in [1.165, 1.54) is 30.8 Å². The monoisotopic (exact) mass is 774 g/mol. The highest BCUT2D eigenvalue weighted by molar-refractivity contribution is 7.88. The predicted octanol–water partition coefficient (Wildman–Crippen LogP) is 6.24. The second-order valence-electron chi connectivity index (χ2n) is 14.5. The van der Waals surface area contributed by atoms with Gasteiger partial charge in [0, 0.05) is 73.1 Å². The number of methoxy groups -OCH3 is 2. The van der Waals surface area contributed by atoms with Crippen molar-refractivity contribution in [2.75, 3.05) is 63.0 Å². The van der Waals surface area contributed by atoms with E-state index >= 15 is 4.39 Å². The van der Waals surface area contributed by atoms with Crippen molar-refractivity contribution in [2.24, 2.45) is 0 Å². The SMILES string of the molecule is COC(=O)Cn1c(-c2ccc(OCc3cc(N4CCCC4=O)ccc3N3CCN(S(C)(=O)=O)CC3)cc2F)c(C2CCCCC2)c2ccc(C(=O)OC)cc21. The van der Waals surface area contributed by atoms with E-state index in [1.54, 1.807) is 33.7 Å². The number of fused-ring (bicyclic) bond motifs is 1. The lowest BCUT2D eigenvalue weighted by Crippen LogP contribution is -2.48. The van der Waals surface area contributed by atoms with Crippen molar-refractivity contribution in [1.29, 1.82) is 0 Å². The van der Waals surface area contributed by atoms with E-state index in [1.807, 2.05) is 24.3 Å². The van der Waals surface area contributed by atoms with Crippen LogP contribution in [0.2, 0.25) is 0 Å². The Kier molecular flexibility index (Phi) is 11.2. The summed E-state index contributed by atoms with van der Waals surface area (Å²) < 4.78 is 60.5. The first-order valence-electron chi connectivity index (χ1n) is 18.8. The zero-order chi connectivity index (χ0) is 38.9. The maximum atomic E-state index is 16.6. The summed E-state index contributed by atoms with van der Waals surface area (Å²) >= 11 is 0. The van der Waals surface area contributed by atoms with Gasteiger partial charge in [0.1, 0.15) is 24.7 Å². The second-order valence-corrected chi connectivity index (χ2v) is 16.5. The molecule has 0 bridgehead atoms. The molecule has 1 aliphatic carbocycles. The number of ether oxygens (including phenoxy) is 3. The van der Waals surface area contributed by atoms with E-state index in [0.29, 0.717) is 67.2 Å². The predicted molar refractivity (Wildman–Crippen MR) is 208 cm³/mol. The number of benzene rings is 3. The van der Waals surface area contributed by atoms with Crippen molar-refractivity contribution >= 4 is 50.1 Å². The van der Waals surface area contributed by atoms with Gasteiger partial charge in [-0.1, -0.05) is 25.3 Å². The molecule has 292 valence electrons. The molecule has 0 atom stereocenters. The van der Waals surface area contributed by atoms with Crippen LogP contribution in [0.3, 0.4) is 0 Å². The number of amides is 1. The molecule has 1 aromatic heterocycles. The average Bonchev–Trinajstić information content (AvgIpc) is 3.76. The molecule has 3 aliphatic rings. The maximum Gasteiger partial charge on any atom is 0.337 e. The summed E-state index contributed by atoms with van der Waals surface area (Å²) in [5.41, 5.74) is 5.14. The second kappa shape index (κ2) is 16.0. The van der Waals surface area contributed by atoms with E-state index < -0.39 is 27.8 Å². The lowest BCUT2D eigenvalue weighted by molar-refractivity contribution is -0.141. The molecular weight excluding hydrogens is 728 g/mol. The Morgan fingerprint density at radius 2 is 1.64 bits per heavy atom. The van der Waals surface area contributed by atoms with Gasteiger partial charge in [-0.2, -0.15) is 4.31 Å². The summed E-state index contributed by atoms with van der Waals surface area (Å²) in [6, 6.07) is 15.8. The van der Waals surface area contributed by atoms with Crippen molar-refractivity contribution in [3.63, 3.8) is 0 Å². The summed E-state index contributed by atoms with van der Waals surface area (Å²) in [5.74, 6) is -1.10. The number of sulfonamides is 1. The summed E-state index contributed by atoms with van der Waals surface area (Å²) in [5, 5.41) is 0.847.